The molecule has 0 aliphatic heterocycles. The van der Waals surface area contributed by atoms with Crippen molar-refractivity contribution < 1.29 is 17.8 Å². The number of nitrogens with zero attached hydrogens (tertiary/aromatic N) is 1. The van der Waals surface area contributed by atoms with Crippen LogP contribution in [0.4, 0.5) is 0 Å². The van der Waals surface area contributed by atoms with Crippen LogP contribution in [0.1, 0.15) is 48.5 Å². The molecular formula is C24H24ClN5O4S. The molecule has 11 heteroatoms. The third-order valence-corrected chi connectivity index (χ3v) is 8.93. The van der Waals surface area contributed by atoms with Crippen LogP contribution in [0.2, 0.25) is 5.02 Å². The number of nitrogens with one attached hydrogen (secondary N) is 2. The lowest BCUT2D eigenvalue weighted by molar-refractivity contribution is 0.0408. The van der Waals surface area contributed by atoms with Crippen molar-refractivity contribution in [2.75, 3.05) is 5.75 Å². The second kappa shape index (κ2) is 7.34. The Balaban J connectivity index is 1.12. The fraction of sp³-hybridized carbons (Fsp3) is 0.417. The minimum absolute atomic E-state index is 0.0149. The number of fused-ring (bicyclic) bond motifs is 1. The zero-order valence-corrected chi connectivity index (χ0v) is 20.3. The predicted molar refractivity (Wildman–Crippen MR) is 129 cm³/mol. The van der Waals surface area contributed by atoms with Gasteiger partial charge in [-0.05, 0) is 61.9 Å². The largest absolute Gasteiger partial charge is 0.441 e. The molecular weight excluding hydrogens is 490 g/mol. The average molecular weight is 514 g/mol. The van der Waals surface area contributed by atoms with Crippen LogP contribution >= 0.6 is 11.6 Å². The van der Waals surface area contributed by atoms with Gasteiger partial charge in [0.05, 0.1) is 5.54 Å². The van der Waals surface area contributed by atoms with Gasteiger partial charge >= 0.3 is 0 Å². The van der Waals surface area contributed by atoms with E-state index < -0.39 is 32.3 Å². The topological polar surface area (TPSA) is 161 Å². The first kappa shape index (κ1) is 22.6. The quantitative estimate of drug-likeness (QED) is 0.290. The third kappa shape index (κ3) is 4.02. The van der Waals surface area contributed by atoms with Gasteiger partial charge in [-0.2, -0.15) is 0 Å². The Bertz CT molecular complexity index is 1540. The van der Waals surface area contributed by atoms with Crippen molar-refractivity contribution in [3.8, 4) is 11.8 Å². The van der Waals surface area contributed by atoms with Crippen LogP contribution in [0, 0.1) is 28.0 Å². The Hall–Kier alpha value is -2.84. The third-order valence-electron chi connectivity index (χ3n) is 6.89. The van der Waals surface area contributed by atoms with Crippen molar-refractivity contribution in [2.24, 2.45) is 22.8 Å². The van der Waals surface area contributed by atoms with Gasteiger partial charge in [-0.3, -0.25) is 10.5 Å². The smallest absolute Gasteiger partial charge is 0.289 e. The Morgan fingerprint density at radius 1 is 1.20 bits per heavy atom. The van der Waals surface area contributed by atoms with Gasteiger partial charge in [-0.15, -0.1) is 0 Å². The van der Waals surface area contributed by atoms with Crippen molar-refractivity contribution >= 4 is 38.3 Å². The molecule has 1 amide bonds. The number of halogens is 1. The van der Waals surface area contributed by atoms with Gasteiger partial charge in [0.1, 0.15) is 15.2 Å². The van der Waals surface area contributed by atoms with Crippen LogP contribution in [-0.2, 0) is 15.3 Å². The van der Waals surface area contributed by atoms with Crippen LogP contribution in [-0.4, -0.2) is 26.5 Å². The van der Waals surface area contributed by atoms with Crippen molar-refractivity contribution in [1.82, 2.24) is 10.3 Å². The molecule has 6 N–H and O–H groups in total. The second-order valence-electron chi connectivity index (χ2n) is 10.2. The van der Waals surface area contributed by atoms with E-state index in [0.29, 0.717) is 47.2 Å². The van der Waals surface area contributed by atoms with Gasteiger partial charge in [-0.1, -0.05) is 23.4 Å². The molecule has 9 nitrogen and oxygen atoms in total. The van der Waals surface area contributed by atoms with Crippen molar-refractivity contribution in [2.45, 2.75) is 48.4 Å². The molecule has 0 radical (unpaired) electrons. The molecule has 3 aliphatic rings. The lowest BCUT2D eigenvalue weighted by Gasteiger charge is -2.49. The summed E-state index contributed by atoms with van der Waals surface area (Å²) < 4.78 is 32.1. The highest BCUT2D eigenvalue weighted by Gasteiger charge is 2.59. The molecule has 1 unspecified atom stereocenters. The first-order valence-corrected chi connectivity index (χ1v) is 13.4. The van der Waals surface area contributed by atoms with E-state index in [1.165, 1.54) is 12.1 Å². The maximum absolute atomic E-state index is 12.8. The number of carbonyl (C=O) groups excluding carboxylic acids is 1. The molecule has 3 aliphatic carbocycles. The zero-order valence-electron chi connectivity index (χ0n) is 18.7. The Morgan fingerprint density at radius 3 is 2.71 bits per heavy atom. The molecule has 2 aromatic heterocycles. The summed E-state index contributed by atoms with van der Waals surface area (Å²) in [5.41, 5.74) is 11.7. The first-order valence-electron chi connectivity index (χ1n) is 11.3. The number of amides is 1. The Morgan fingerprint density at radius 2 is 1.97 bits per heavy atom. The monoisotopic (exact) mass is 513 g/mol. The number of benzene rings is 1. The number of nitrogens with two attached hydrogens (primary N) is 2. The van der Waals surface area contributed by atoms with E-state index in [2.05, 4.69) is 22.1 Å². The molecule has 3 aromatic rings. The Labute approximate surface area is 206 Å². The predicted octanol–water partition coefficient (Wildman–Crippen LogP) is 3.32. The maximum Gasteiger partial charge on any atom is 0.289 e. The van der Waals surface area contributed by atoms with Crippen LogP contribution in [0.5, 0.6) is 0 Å². The summed E-state index contributed by atoms with van der Waals surface area (Å²) in [7, 11) is -3.06. The summed E-state index contributed by atoms with van der Waals surface area (Å²) in [5.74, 6) is 6.49. The molecule has 182 valence electrons. The van der Waals surface area contributed by atoms with E-state index in [0.717, 1.165) is 12.8 Å². The number of hydrogen-bond acceptors (Lipinski definition) is 8. The fourth-order valence-corrected chi connectivity index (χ4v) is 7.00. The standard InChI is InChI=1S/C24H24ClN5O4S/c25-15-3-4-17-16(9-15)29-21(34-17)23(26)11-22(12-23)7-8-24(27,13-22)30-20(31)18-5-6-19(33-18)35(28,32)10-14-1-2-14/h3-6,9,14,28H,1-2,10-13,26-27H2,(H,30,31)/t22-,23+,24-,35?/m0/s1. The highest BCUT2D eigenvalue weighted by atomic mass is 35.5. The first-order chi connectivity index (χ1) is 16.5. The number of rotatable bonds is 6. The number of hydrogen-bond donors (Lipinski definition) is 4. The highest BCUT2D eigenvalue weighted by Crippen LogP contribution is 2.57. The Kier molecular flexibility index (Phi) is 4.74. The number of aromatic nitrogens is 1. The van der Waals surface area contributed by atoms with E-state index in [9.17, 15) is 9.00 Å². The summed E-state index contributed by atoms with van der Waals surface area (Å²) in [6.07, 6.45) is 3.27. The molecule has 0 bridgehead atoms. The van der Waals surface area contributed by atoms with Crippen LogP contribution in [0.3, 0.4) is 0 Å². The molecule has 2 saturated carbocycles. The van der Waals surface area contributed by atoms with E-state index in [1.54, 1.807) is 18.2 Å². The van der Waals surface area contributed by atoms with Crippen molar-refractivity contribution in [3.05, 3.63) is 47.0 Å². The molecule has 2 heterocycles. The van der Waals surface area contributed by atoms with Crippen molar-refractivity contribution in [1.29, 1.82) is 4.78 Å². The molecule has 0 saturated heterocycles. The van der Waals surface area contributed by atoms with E-state index in [4.69, 9.17) is 36.7 Å². The summed E-state index contributed by atoms with van der Waals surface area (Å²) in [5, 5.41) is 3.31. The van der Waals surface area contributed by atoms with Crippen molar-refractivity contribution in [3.63, 3.8) is 0 Å². The molecule has 1 aromatic carbocycles. The van der Waals surface area contributed by atoms with Crippen LogP contribution < -0.4 is 16.8 Å². The molecule has 2 atom stereocenters. The average Bonchev–Trinajstić information content (AvgIpc) is 3.16. The van der Waals surface area contributed by atoms with E-state index in [-0.39, 0.29) is 16.6 Å². The number of oxazole rings is 1. The van der Waals surface area contributed by atoms with Gasteiger partial charge in [0.2, 0.25) is 5.89 Å². The number of furan rings is 1. The van der Waals surface area contributed by atoms with E-state index in [1.807, 2.05) is 0 Å². The highest BCUT2D eigenvalue weighted by molar-refractivity contribution is 7.92. The summed E-state index contributed by atoms with van der Waals surface area (Å²) in [6, 6.07) is 8.06. The van der Waals surface area contributed by atoms with E-state index >= 15 is 0 Å². The van der Waals surface area contributed by atoms with Gasteiger partial charge in [0.15, 0.2) is 22.1 Å². The fourth-order valence-electron chi connectivity index (χ4n) is 5.16. The second-order valence-corrected chi connectivity index (χ2v) is 12.7. The van der Waals surface area contributed by atoms with Gasteiger partial charge in [0, 0.05) is 22.6 Å². The lowest BCUT2D eigenvalue weighted by atomic mass is 9.57. The molecule has 6 rings (SSSR count). The van der Waals surface area contributed by atoms with Gasteiger partial charge < -0.3 is 19.9 Å². The normalized spacial score (nSPS) is 31.1. The zero-order chi connectivity index (χ0) is 24.6. The minimum Gasteiger partial charge on any atom is -0.441 e. The minimum atomic E-state index is -3.06. The van der Waals surface area contributed by atoms with Gasteiger partial charge in [0.25, 0.3) is 5.91 Å². The number of carbonyl (C=O) groups is 1. The van der Waals surface area contributed by atoms with Crippen LogP contribution in [0.25, 0.3) is 11.1 Å². The van der Waals surface area contributed by atoms with Gasteiger partial charge in [-0.25, -0.2) is 14.0 Å². The summed E-state index contributed by atoms with van der Waals surface area (Å²) >= 11 is 6.04. The lowest BCUT2D eigenvalue weighted by Crippen LogP contribution is -2.60. The molecule has 2 fully saturated rings. The van der Waals surface area contributed by atoms with Crippen LogP contribution in [0.15, 0.2) is 44.3 Å². The maximum atomic E-state index is 12.8. The molecule has 35 heavy (non-hydrogen) atoms. The molecule has 1 spiro atoms. The summed E-state index contributed by atoms with van der Waals surface area (Å²) in [6.45, 7) is 0. The summed E-state index contributed by atoms with van der Waals surface area (Å²) in [4.78, 5) is 17.3. The SMILES string of the molecule is N=S(=O)(CC1CC1)c1ccc(C(=O)N[C@@]2(N)C#C[C@]3(C2)C[C@](N)(c2nc4cc(Cl)ccc4o2)C3)o1.